The zero-order chi connectivity index (χ0) is 15.1. The summed E-state index contributed by atoms with van der Waals surface area (Å²) in [5.74, 6) is 0. The van der Waals surface area contributed by atoms with Gasteiger partial charge in [0.2, 0.25) is 0 Å². The maximum absolute atomic E-state index is 4.83. The number of hydrogen-bond donors (Lipinski definition) is 1. The minimum atomic E-state index is 0.271. The maximum Gasteiger partial charge on any atom is 0.0896 e. The molecule has 1 aromatic heterocycles. The van der Waals surface area contributed by atoms with Crippen molar-refractivity contribution < 1.29 is 0 Å². The Labute approximate surface area is 128 Å². The van der Waals surface area contributed by atoms with Crippen LogP contribution in [0.4, 0.5) is 0 Å². The van der Waals surface area contributed by atoms with Gasteiger partial charge >= 0.3 is 0 Å². The van der Waals surface area contributed by atoms with E-state index in [4.69, 9.17) is 5.10 Å². The van der Waals surface area contributed by atoms with Crippen molar-refractivity contribution in [2.24, 2.45) is 0 Å². The van der Waals surface area contributed by atoms with Crippen LogP contribution in [0, 0.1) is 0 Å². The number of benzene rings is 1. The molecule has 1 aromatic carbocycles. The molecule has 0 fully saturated rings. The Kier molecular flexibility index (Phi) is 6.00. The van der Waals surface area contributed by atoms with Gasteiger partial charge in [-0.15, -0.1) is 0 Å². The van der Waals surface area contributed by atoms with Crippen molar-refractivity contribution in [3.63, 3.8) is 0 Å². The Bertz CT molecular complexity index is 531. The molecule has 0 spiro atoms. The molecule has 3 heteroatoms. The van der Waals surface area contributed by atoms with Crippen molar-refractivity contribution in [3.05, 3.63) is 53.3 Å². The van der Waals surface area contributed by atoms with Gasteiger partial charge in [-0.2, -0.15) is 5.10 Å². The lowest BCUT2D eigenvalue weighted by Crippen LogP contribution is -2.28. The van der Waals surface area contributed by atoms with Crippen molar-refractivity contribution in [1.82, 2.24) is 15.1 Å². The van der Waals surface area contributed by atoms with E-state index in [0.29, 0.717) is 0 Å². The molecule has 0 aliphatic carbocycles. The van der Waals surface area contributed by atoms with Crippen LogP contribution in [-0.2, 0) is 12.8 Å². The molecule has 114 valence electrons. The van der Waals surface area contributed by atoms with Crippen molar-refractivity contribution in [3.8, 4) is 0 Å². The summed E-state index contributed by atoms with van der Waals surface area (Å²) in [4.78, 5) is 0. The molecule has 0 aliphatic rings. The lowest BCUT2D eigenvalue weighted by atomic mass is 10.1. The van der Waals surface area contributed by atoms with E-state index in [2.05, 4.69) is 67.2 Å². The summed E-state index contributed by atoms with van der Waals surface area (Å²) < 4.78 is 2.22. The summed E-state index contributed by atoms with van der Waals surface area (Å²) in [5, 5.41) is 8.38. The first-order valence-electron chi connectivity index (χ1n) is 8.13. The van der Waals surface area contributed by atoms with Gasteiger partial charge in [-0.05, 0) is 37.4 Å². The molecule has 21 heavy (non-hydrogen) atoms. The Morgan fingerprint density at radius 1 is 1.10 bits per heavy atom. The molecule has 1 N–H and O–H groups in total. The third kappa shape index (κ3) is 3.94. The Morgan fingerprint density at radius 2 is 1.86 bits per heavy atom. The van der Waals surface area contributed by atoms with Crippen LogP contribution in [-0.4, -0.2) is 22.9 Å². The van der Waals surface area contributed by atoms with Gasteiger partial charge < -0.3 is 5.32 Å². The molecular formula is C18H27N3. The minimum absolute atomic E-state index is 0.271. The van der Waals surface area contributed by atoms with Gasteiger partial charge in [-0.3, -0.25) is 4.68 Å². The number of hydrogen-bond acceptors (Lipinski definition) is 2. The van der Waals surface area contributed by atoms with Gasteiger partial charge in [-0.1, -0.05) is 51.1 Å². The fraction of sp³-hybridized carbons (Fsp3) is 0.500. The van der Waals surface area contributed by atoms with Gasteiger partial charge in [-0.25, -0.2) is 0 Å². The van der Waals surface area contributed by atoms with Crippen molar-refractivity contribution >= 4 is 0 Å². The number of aromatic nitrogens is 2. The third-order valence-corrected chi connectivity index (χ3v) is 3.83. The van der Waals surface area contributed by atoms with Gasteiger partial charge in [0.25, 0.3) is 0 Å². The molecule has 0 aliphatic heterocycles. The number of nitrogens with zero attached hydrogens (tertiary/aromatic N) is 2. The van der Waals surface area contributed by atoms with Crippen LogP contribution in [0.15, 0.2) is 36.4 Å². The summed E-state index contributed by atoms with van der Waals surface area (Å²) >= 11 is 0. The van der Waals surface area contributed by atoms with E-state index in [1.807, 2.05) is 0 Å². The average molecular weight is 285 g/mol. The van der Waals surface area contributed by atoms with E-state index in [1.54, 1.807) is 0 Å². The van der Waals surface area contributed by atoms with Crippen LogP contribution in [0.2, 0.25) is 0 Å². The topological polar surface area (TPSA) is 29.9 Å². The zero-order valence-corrected chi connectivity index (χ0v) is 13.5. The second-order valence-electron chi connectivity index (χ2n) is 5.41. The molecule has 1 atom stereocenters. The Morgan fingerprint density at radius 3 is 2.48 bits per heavy atom. The van der Waals surface area contributed by atoms with E-state index >= 15 is 0 Å². The highest BCUT2D eigenvalue weighted by molar-refractivity contribution is 5.22. The predicted octanol–water partition coefficient (Wildman–Crippen LogP) is 3.60. The lowest BCUT2D eigenvalue weighted by molar-refractivity contribution is 0.464. The summed E-state index contributed by atoms with van der Waals surface area (Å²) in [7, 11) is 0. The summed E-state index contributed by atoms with van der Waals surface area (Å²) in [5.41, 5.74) is 3.82. The van der Waals surface area contributed by atoms with Crippen LogP contribution in [0.5, 0.6) is 0 Å². The smallest absolute Gasteiger partial charge is 0.0896 e. The highest BCUT2D eigenvalue weighted by Crippen LogP contribution is 2.20. The van der Waals surface area contributed by atoms with Crippen molar-refractivity contribution in [1.29, 1.82) is 0 Å². The second kappa shape index (κ2) is 7.99. The van der Waals surface area contributed by atoms with Gasteiger partial charge in [0, 0.05) is 12.2 Å². The Hall–Kier alpha value is -1.61. The summed E-state index contributed by atoms with van der Waals surface area (Å²) in [6.07, 6.45) is 3.16. The van der Waals surface area contributed by atoms with E-state index in [-0.39, 0.29) is 6.04 Å². The van der Waals surface area contributed by atoms with Crippen LogP contribution in [0.1, 0.15) is 50.2 Å². The average Bonchev–Trinajstić information content (AvgIpc) is 2.95. The van der Waals surface area contributed by atoms with E-state index in [0.717, 1.165) is 32.4 Å². The molecule has 0 saturated carbocycles. The van der Waals surface area contributed by atoms with Crippen molar-refractivity contribution in [2.75, 3.05) is 13.1 Å². The molecule has 2 rings (SSSR count). The summed E-state index contributed by atoms with van der Waals surface area (Å²) in [6.45, 7) is 8.54. The van der Waals surface area contributed by atoms with Gasteiger partial charge in [0.15, 0.2) is 0 Å². The van der Waals surface area contributed by atoms with Crippen LogP contribution in [0.3, 0.4) is 0 Å². The molecule has 0 amide bonds. The highest BCUT2D eigenvalue weighted by Gasteiger charge is 2.17. The lowest BCUT2D eigenvalue weighted by Gasteiger charge is -2.21. The number of aryl methyl sites for hydroxylation is 2. The largest absolute Gasteiger partial charge is 0.314 e. The first kappa shape index (κ1) is 15.8. The fourth-order valence-electron chi connectivity index (χ4n) is 2.63. The third-order valence-electron chi connectivity index (χ3n) is 3.83. The fourth-order valence-corrected chi connectivity index (χ4v) is 2.63. The van der Waals surface area contributed by atoms with E-state index in [9.17, 15) is 0 Å². The van der Waals surface area contributed by atoms with Crippen LogP contribution < -0.4 is 5.32 Å². The first-order valence-corrected chi connectivity index (χ1v) is 8.13. The molecule has 1 unspecified atom stereocenters. The van der Waals surface area contributed by atoms with Gasteiger partial charge in [0.05, 0.1) is 11.7 Å². The van der Waals surface area contributed by atoms with Crippen molar-refractivity contribution in [2.45, 2.75) is 46.1 Å². The minimum Gasteiger partial charge on any atom is -0.314 e. The molecule has 0 bridgehead atoms. The zero-order valence-electron chi connectivity index (χ0n) is 13.5. The second-order valence-corrected chi connectivity index (χ2v) is 5.41. The SMILES string of the molecule is CCCNCC(c1ccccc1)n1nc(CC)cc1CC. The molecule has 3 nitrogen and oxygen atoms in total. The monoisotopic (exact) mass is 285 g/mol. The summed E-state index contributed by atoms with van der Waals surface area (Å²) in [6, 6.07) is 13.2. The maximum atomic E-state index is 4.83. The Balaban J connectivity index is 2.32. The van der Waals surface area contributed by atoms with E-state index < -0.39 is 0 Å². The highest BCUT2D eigenvalue weighted by atomic mass is 15.3. The quantitative estimate of drug-likeness (QED) is 0.751. The number of nitrogens with one attached hydrogen (secondary N) is 1. The standard InChI is InChI=1S/C18H27N3/c1-4-12-19-14-18(15-10-8-7-9-11-15)21-17(6-3)13-16(5-2)20-21/h7-11,13,18-19H,4-6,12,14H2,1-3H3. The first-order chi connectivity index (χ1) is 10.3. The van der Waals surface area contributed by atoms with Crippen LogP contribution in [0.25, 0.3) is 0 Å². The molecule has 0 saturated heterocycles. The van der Waals surface area contributed by atoms with E-state index in [1.165, 1.54) is 17.0 Å². The predicted molar refractivity (Wildman–Crippen MR) is 88.7 cm³/mol. The number of rotatable bonds is 8. The molecule has 0 radical (unpaired) electrons. The van der Waals surface area contributed by atoms with Gasteiger partial charge in [0.1, 0.15) is 0 Å². The molecule has 2 aromatic rings. The van der Waals surface area contributed by atoms with Crippen LogP contribution >= 0.6 is 0 Å². The molecular weight excluding hydrogens is 258 g/mol. The normalized spacial score (nSPS) is 12.5. The molecule has 1 heterocycles.